The van der Waals surface area contributed by atoms with Crippen LogP contribution < -0.4 is 5.48 Å². The highest BCUT2D eigenvalue weighted by atomic mass is 35.5. The Morgan fingerprint density at radius 2 is 1.79 bits per heavy atom. The van der Waals surface area contributed by atoms with E-state index in [1.165, 1.54) is 17.6 Å². The number of nitrogens with zero attached hydrogens (tertiary/aromatic N) is 1. The number of sulfonamides is 1. The number of benzene rings is 2. The summed E-state index contributed by atoms with van der Waals surface area (Å²) in [5.41, 5.74) is 1.59. The largest absolute Gasteiger partial charge is 0.288 e. The first-order chi connectivity index (χ1) is 13.5. The normalized spacial score (nSPS) is 11.7. The fourth-order valence-corrected chi connectivity index (χ4v) is 4.30. The molecule has 2 N–H and O–H groups in total. The summed E-state index contributed by atoms with van der Waals surface area (Å²) in [6, 6.07) is 3.79. The minimum atomic E-state index is -4.77. The molecule has 0 aliphatic carbocycles. The lowest BCUT2D eigenvalue weighted by atomic mass is 10.1. The number of hydroxylamine groups is 1. The molecular formula is C17H15ClF4N2O4S. The Balaban J connectivity index is 2.48. The second-order valence-electron chi connectivity index (χ2n) is 5.88. The zero-order valence-electron chi connectivity index (χ0n) is 14.8. The number of nitrogens with one attached hydrogen (secondary N) is 1. The van der Waals surface area contributed by atoms with Crippen molar-refractivity contribution in [2.24, 2.45) is 0 Å². The average Bonchev–Trinajstić information content (AvgIpc) is 2.69. The first-order valence-corrected chi connectivity index (χ1v) is 9.92. The minimum Gasteiger partial charge on any atom is -0.288 e. The first-order valence-electron chi connectivity index (χ1n) is 8.10. The Bertz CT molecular complexity index is 1050. The molecule has 158 valence electrons. The van der Waals surface area contributed by atoms with Gasteiger partial charge in [-0.2, -0.15) is 4.31 Å². The molecular weight excluding hydrogens is 440 g/mol. The molecule has 0 saturated carbocycles. The van der Waals surface area contributed by atoms with Crippen molar-refractivity contribution in [2.45, 2.75) is 24.8 Å². The molecule has 12 heteroatoms. The van der Waals surface area contributed by atoms with Gasteiger partial charge in [-0.1, -0.05) is 24.6 Å². The predicted octanol–water partition coefficient (Wildman–Crippen LogP) is 3.62. The molecule has 29 heavy (non-hydrogen) atoms. The highest BCUT2D eigenvalue weighted by Gasteiger charge is 2.32. The standard InChI is InChI=1S/C17H15ClF4N2O4S/c1-2-5-24(8-10-4-3-9(6-11(10)18)17(25)23-26)29(27,28)13-7-12(19)14(20)16(22)15(13)21/h3-4,6-7,26H,2,5,8H2,1H3,(H,23,25). The van der Waals surface area contributed by atoms with Crippen LogP contribution in [-0.2, 0) is 16.6 Å². The summed E-state index contributed by atoms with van der Waals surface area (Å²) in [7, 11) is -4.77. The summed E-state index contributed by atoms with van der Waals surface area (Å²) in [6.07, 6.45) is 0.260. The highest BCUT2D eigenvalue weighted by molar-refractivity contribution is 7.89. The van der Waals surface area contributed by atoms with Gasteiger partial charge in [-0.15, -0.1) is 0 Å². The van der Waals surface area contributed by atoms with Crippen molar-refractivity contribution in [3.63, 3.8) is 0 Å². The molecule has 0 fully saturated rings. The lowest BCUT2D eigenvalue weighted by Crippen LogP contribution is -2.32. The molecule has 2 aromatic carbocycles. The Hall–Kier alpha value is -2.21. The van der Waals surface area contributed by atoms with Gasteiger partial charge >= 0.3 is 0 Å². The molecule has 0 spiro atoms. The van der Waals surface area contributed by atoms with E-state index in [9.17, 15) is 30.8 Å². The van der Waals surface area contributed by atoms with E-state index in [2.05, 4.69) is 0 Å². The Morgan fingerprint density at radius 3 is 2.34 bits per heavy atom. The van der Waals surface area contributed by atoms with E-state index in [1.54, 1.807) is 6.92 Å². The zero-order valence-corrected chi connectivity index (χ0v) is 16.4. The average molecular weight is 455 g/mol. The number of carbonyl (C=O) groups excluding carboxylic acids is 1. The van der Waals surface area contributed by atoms with Gasteiger partial charge in [0.15, 0.2) is 23.3 Å². The predicted molar refractivity (Wildman–Crippen MR) is 94.9 cm³/mol. The van der Waals surface area contributed by atoms with E-state index in [-0.39, 0.29) is 35.2 Å². The smallest absolute Gasteiger partial charge is 0.274 e. The van der Waals surface area contributed by atoms with Gasteiger partial charge in [-0.3, -0.25) is 10.0 Å². The van der Waals surface area contributed by atoms with E-state index in [4.69, 9.17) is 16.8 Å². The molecule has 0 aliphatic rings. The zero-order chi connectivity index (χ0) is 21.9. The number of halogens is 5. The van der Waals surface area contributed by atoms with Gasteiger partial charge in [0, 0.05) is 29.7 Å². The van der Waals surface area contributed by atoms with Crippen LogP contribution in [0.5, 0.6) is 0 Å². The van der Waals surface area contributed by atoms with Gasteiger partial charge in [0.25, 0.3) is 5.91 Å². The van der Waals surface area contributed by atoms with E-state index in [1.807, 2.05) is 0 Å². The van der Waals surface area contributed by atoms with Gasteiger partial charge in [0.2, 0.25) is 10.0 Å². The van der Waals surface area contributed by atoms with Gasteiger partial charge in [0.1, 0.15) is 4.90 Å². The Labute approximate surface area is 168 Å². The fraction of sp³-hybridized carbons (Fsp3) is 0.235. The van der Waals surface area contributed by atoms with Gasteiger partial charge in [0.05, 0.1) is 0 Å². The van der Waals surface area contributed by atoms with Crippen LogP contribution in [0, 0.1) is 23.3 Å². The molecule has 0 radical (unpaired) electrons. The molecule has 0 unspecified atom stereocenters. The summed E-state index contributed by atoms with van der Waals surface area (Å²) in [5, 5.41) is 8.59. The molecule has 0 atom stereocenters. The van der Waals surface area contributed by atoms with E-state index in [0.29, 0.717) is 0 Å². The first kappa shape index (κ1) is 23.1. The maximum absolute atomic E-state index is 14.1. The highest BCUT2D eigenvalue weighted by Crippen LogP contribution is 2.28. The van der Waals surface area contributed by atoms with Crippen LogP contribution in [0.1, 0.15) is 29.3 Å². The number of rotatable bonds is 7. The maximum atomic E-state index is 14.1. The third kappa shape index (κ3) is 4.69. The van der Waals surface area contributed by atoms with Crippen molar-refractivity contribution in [1.29, 1.82) is 0 Å². The minimum absolute atomic E-state index is 0.0140. The molecule has 6 nitrogen and oxygen atoms in total. The number of hydrogen-bond donors (Lipinski definition) is 2. The molecule has 1 amide bonds. The number of amides is 1. The van der Waals surface area contributed by atoms with Crippen molar-refractivity contribution in [2.75, 3.05) is 6.54 Å². The van der Waals surface area contributed by atoms with E-state index < -0.39 is 50.6 Å². The Morgan fingerprint density at radius 1 is 1.14 bits per heavy atom. The molecule has 0 bridgehead atoms. The van der Waals surface area contributed by atoms with Crippen LogP contribution in [0.4, 0.5) is 17.6 Å². The lowest BCUT2D eigenvalue weighted by molar-refractivity contribution is 0.0706. The topological polar surface area (TPSA) is 86.7 Å². The second-order valence-corrected chi connectivity index (χ2v) is 8.20. The monoisotopic (exact) mass is 454 g/mol. The maximum Gasteiger partial charge on any atom is 0.274 e. The van der Waals surface area contributed by atoms with Crippen molar-refractivity contribution in [1.82, 2.24) is 9.79 Å². The number of carbonyl (C=O) groups is 1. The summed E-state index contributed by atoms with van der Waals surface area (Å²) in [6.45, 7) is 1.02. The van der Waals surface area contributed by atoms with Crippen LogP contribution >= 0.6 is 11.6 Å². The summed E-state index contributed by atoms with van der Waals surface area (Å²) in [5.74, 6) is -9.10. The second kappa shape index (κ2) is 9.08. The van der Waals surface area contributed by atoms with Crippen LogP contribution in [0.2, 0.25) is 5.02 Å². The molecule has 0 saturated heterocycles. The van der Waals surface area contributed by atoms with Crippen molar-refractivity contribution in [3.8, 4) is 0 Å². The van der Waals surface area contributed by atoms with Crippen LogP contribution in [0.3, 0.4) is 0 Å². The third-order valence-electron chi connectivity index (χ3n) is 3.92. The third-order valence-corrected chi connectivity index (χ3v) is 6.12. The van der Waals surface area contributed by atoms with Crippen molar-refractivity contribution >= 4 is 27.5 Å². The Kier molecular flexibility index (Phi) is 7.22. The molecule has 0 aliphatic heterocycles. The van der Waals surface area contributed by atoms with Gasteiger partial charge in [-0.25, -0.2) is 31.5 Å². The van der Waals surface area contributed by atoms with Crippen LogP contribution in [0.15, 0.2) is 29.2 Å². The quantitative estimate of drug-likeness (QED) is 0.220. The summed E-state index contributed by atoms with van der Waals surface area (Å²) < 4.78 is 80.5. The summed E-state index contributed by atoms with van der Waals surface area (Å²) >= 11 is 6.05. The van der Waals surface area contributed by atoms with Gasteiger partial charge in [-0.05, 0) is 24.1 Å². The van der Waals surface area contributed by atoms with Crippen LogP contribution in [0.25, 0.3) is 0 Å². The number of hydrogen-bond acceptors (Lipinski definition) is 4. The van der Waals surface area contributed by atoms with Crippen molar-refractivity contribution < 1.29 is 36.0 Å². The van der Waals surface area contributed by atoms with Gasteiger partial charge < -0.3 is 0 Å². The van der Waals surface area contributed by atoms with E-state index >= 15 is 0 Å². The molecule has 2 aromatic rings. The van der Waals surface area contributed by atoms with Crippen molar-refractivity contribution in [3.05, 3.63) is 63.7 Å². The summed E-state index contributed by atoms with van der Waals surface area (Å²) in [4.78, 5) is 10.1. The SMILES string of the molecule is CCCN(Cc1ccc(C(=O)NO)cc1Cl)S(=O)(=O)c1cc(F)c(F)c(F)c1F. The fourth-order valence-electron chi connectivity index (χ4n) is 2.48. The lowest BCUT2D eigenvalue weighted by Gasteiger charge is -2.23. The van der Waals surface area contributed by atoms with Crippen LogP contribution in [-0.4, -0.2) is 30.4 Å². The molecule has 2 rings (SSSR count). The molecule has 0 heterocycles. The van der Waals surface area contributed by atoms with E-state index in [0.717, 1.165) is 10.4 Å². The molecule has 0 aromatic heterocycles.